The molecular formula is C15H20N2OS. The molecule has 0 bridgehead atoms. The highest BCUT2D eigenvalue weighted by molar-refractivity contribution is 8.00. The highest BCUT2D eigenvalue weighted by Gasteiger charge is 2.23. The summed E-state index contributed by atoms with van der Waals surface area (Å²) in [4.78, 5) is 11.7. The Hall–Kier alpha value is -1.42. The van der Waals surface area contributed by atoms with E-state index < -0.39 is 0 Å². The third-order valence-electron chi connectivity index (χ3n) is 3.28. The summed E-state index contributed by atoms with van der Waals surface area (Å²) in [7, 11) is 0. The van der Waals surface area contributed by atoms with Gasteiger partial charge in [-0.3, -0.25) is 4.79 Å². The first-order chi connectivity index (χ1) is 9.20. The fourth-order valence-corrected chi connectivity index (χ4v) is 3.32. The maximum absolute atomic E-state index is 11.7. The third kappa shape index (κ3) is 3.77. The molecular weight excluding hydrogens is 256 g/mol. The van der Waals surface area contributed by atoms with E-state index in [4.69, 9.17) is 0 Å². The number of hydrogen-bond donors (Lipinski definition) is 2. The lowest BCUT2D eigenvalue weighted by Gasteiger charge is -2.18. The minimum atomic E-state index is -0.0590. The van der Waals surface area contributed by atoms with Gasteiger partial charge in [0.1, 0.15) is 0 Å². The summed E-state index contributed by atoms with van der Waals surface area (Å²) in [6, 6.07) is 8.18. The van der Waals surface area contributed by atoms with Gasteiger partial charge >= 0.3 is 0 Å². The Labute approximate surface area is 118 Å². The van der Waals surface area contributed by atoms with Crippen LogP contribution in [-0.4, -0.2) is 29.5 Å². The van der Waals surface area contributed by atoms with E-state index in [0.29, 0.717) is 23.4 Å². The van der Waals surface area contributed by atoms with Crippen LogP contribution >= 0.6 is 11.8 Å². The maximum atomic E-state index is 11.7. The molecule has 3 nitrogen and oxygen atoms in total. The first-order valence-electron chi connectivity index (χ1n) is 6.58. The minimum Gasteiger partial charge on any atom is -0.381 e. The Bertz CT molecular complexity index is 444. The van der Waals surface area contributed by atoms with Crippen molar-refractivity contribution in [1.29, 1.82) is 0 Å². The second-order valence-corrected chi connectivity index (χ2v) is 6.18. The lowest BCUT2D eigenvalue weighted by Crippen LogP contribution is -2.25. The van der Waals surface area contributed by atoms with Gasteiger partial charge in [0.15, 0.2) is 0 Å². The van der Waals surface area contributed by atoms with E-state index in [0.717, 1.165) is 5.69 Å². The standard InChI is InChI=1S/C15H20N2OS/c1-3-9-16-15(18)12-4-6-13(7-5-12)17-14-8-10-19-11(14)2/h3-7,11,14,17H,1,8-10H2,2H3,(H,16,18). The molecule has 1 aliphatic rings. The van der Waals surface area contributed by atoms with E-state index >= 15 is 0 Å². The van der Waals surface area contributed by atoms with Crippen molar-refractivity contribution in [2.24, 2.45) is 0 Å². The van der Waals surface area contributed by atoms with Crippen LogP contribution in [0.4, 0.5) is 5.69 Å². The summed E-state index contributed by atoms with van der Waals surface area (Å²) >= 11 is 2.01. The molecule has 4 heteroatoms. The van der Waals surface area contributed by atoms with E-state index in [1.54, 1.807) is 6.08 Å². The van der Waals surface area contributed by atoms with E-state index in [1.165, 1.54) is 12.2 Å². The Morgan fingerprint density at radius 2 is 2.21 bits per heavy atom. The Morgan fingerprint density at radius 1 is 1.47 bits per heavy atom. The monoisotopic (exact) mass is 276 g/mol. The SMILES string of the molecule is C=CCNC(=O)c1ccc(NC2CCSC2C)cc1. The smallest absolute Gasteiger partial charge is 0.251 e. The molecule has 1 aromatic carbocycles. The van der Waals surface area contributed by atoms with Gasteiger partial charge in [0.2, 0.25) is 0 Å². The Kier molecular flexibility index (Phi) is 4.91. The van der Waals surface area contributed by atoms with Crippen LogP contribution in [0.3, 0.4) is 0 Å². The van der Waals surface area contributed by atoms with Gasteiger partial charge in [-0.2, -0.15) is 11.8 Å². The maximum Gasteiger partial charge on any atom is 0.251 e. The van der Waals surface area contributed by atoms with Crippen LogP contribution in [0.5, 0.6) is 0 Å². The zero-order valence-electron chi connectivity index (χ0n) is 11.2. The topological polar surface area (TPSA) is 41.1 Å². The van der Waals surface area contributed by atoms with Gasteiger partial charge in [0, 0.05) is 29.1 Å². The molecule has 1 aromatic rings. The van der Waals surface area contributed by atoms with Crippen molar-refractivity contribution in [1.82, 2.24) is 5.32 Å². The Balaban J connectivity index is 1.94. The second-order valence-electron chi connectivity index (χ2n) is 4.69. The van der Waals surface area contributed by atoms with Gasteiger partial charge in [-0.05, 0) is 36.4 Å². The molecule has 1 amide bonds. The molecule has 0 aliphatic carbocycles. The quantitative estimate of drug-likeness (QED) is 0.813. The zero-order chi connectivity index (χ0) is 13.7. The first kappa shape index (κ1) is 14.0. The van der Waals surface area contributed by atoms with Crippen molar-refractivity contribution in [2.45, 2.75) is 24.6 Å². The average molecular weight is 276 g/mol. The van der Waals surface area contributed by atoms with Gasteiger partial charge in [-0.25, -0.2) is 0 Å². The number of benzene rings is 1. The molecule has 1 saturated heterocycles. The Morgan fingerprint density at radius 3 is 2.79 bits per heavy atom. The highest BCUT2D eigenvalue weighted by Crippen LogP contribution is 2.28. The van der Waals surface area contributed by atoms with Crippen LogP contribution in [-0.2, 0) is 0 Å². The molecule has 0 spiro atoms. The van der Waals surface area contributed by atoms with Gasteiger partial charge in [-0.1, -0.05) is 13.0 Å². The van der Waals surface area contributed by atoms with Crippen molar-refractivity contribution in [3.05, 3.63) is 42.5 Å². The molecule has 2 rings (SSSR count). The highest BCUT2D eigenvalue weighted by atomic mass is 32.2. The molecule has 1 heterocycles. The summed E-state index contributed by atoms with van der Waals surface area (Å²) in [5.74, 6) is 1.16. The van der Waals surface area contributed by atoms with Crippen LogP contribution in [0, 0.1) is 0 Å². The fraction of sp³-hybridized carbons (Fsp3) is 0.400. The number of thioether (sulfide) groups is 1. The van der Waals surface area contributed by atoms with E-state index in [1.807, 2.05) is 36.0 Å². The van der Waals surface area contributed by atoms with Gasteiger partial charge < -0.3 is 10.6 Å². The van der Waals surface area contributed by atoms with Crippen molar-refractivity contribution in [3.8, 4) is 0 Å². The van der Waals surface area contributed by atoms with Crippen LogP contribution in [0.15, 0.2) is 36.9 Å². The zero-order valence-corrected chi connectivity index (χ0v) is 12.0. The molecule has 2 unspecified atom stereocenters. The number of amides is 1. The number of hydrogen-bond acceptors (Lipinski definition) is 3. The summed E-state index contributed by atoms with van der Waals surface area (Å²) in [5.41, 5.74) is 1.76. The first-order valence-corrected chi connectivity index (χ1v) is 7.63. The van der Waals surface area contributed by atoms with Crippen molar-refractivity contribution in [3.63, 3.8) is 0 Å². The molecule has 0 saturated carbocycles. The van der Waals surface area contributed by atoms with Gasteiger partial charge in [0.05, 0.1) is 0 Å². The normalized spacial score (nSPS) is 21.9. The average Bonchev–Trinajstić information content (AvgIpc) is 2.82. The van der Waals surface area contributed by atoms with Crippen LogP contribution in [0.2, 0.25) is 0 Å². The summed E-state index contributed by atoms with van der Waals surface area (Å²) in [6.07, 6.45) is 2.88. The molecule has 1 aliphatic heterocycles. The van der Waals surface area contributed by atoms with Crippen LogP contribution < -0.4 is 10.6 Å². The van der Waals surface area contributed by atoms with Crippen LogP contribution in [0.25, 0.3) is 0 Å². The van der Waals surface area contributed by atoms with Crippen molar-refractivity contribution >= 4 is 23.4 Å². The largest absolute Gasteiger partial charge is 0.381 e. The predicted octanol–water partition coefficient (Wildman–Crippen LogP) is 2.91. The van der Waals surface area contributed by atoms with Crippen molar-refractivity contribution in [2.75, 3.05) is 17.6 Å². The number of rotatable bonds is 5. The molecule has 1 fully saturated rings. The second kappa shape index (κ2) is 6.66. The lowest BCUT2D eigenvalue weighted by atomic mass is 10.1. The van der Waals surface area contributed by atoms with Crippen LogP contribution in [0.1, 0.15) is 23.7 Å². The predicted molar refractivity (Wildman–Crippen MR) is 82.9 cm³/mol. The third-order valence-corrected chi connectivity index (χ3v) is 4.61. The summed E-state index contributed by atoms with van der Waals surface area (Å²) in [6.45, 7) is 6.33. The lowest BCUT2D eigenvalue weighted by molar-refractivity contribution is 0.0958. The number of carbonyl (C=O) groups is 1. The summed E-state index contributed by atoms with van der Waals surface area (Å²) < 4.78 is 0. The van der Waals surface area contributed by atoms with Gasteiger partial charge in [-0.15, -0.1) is 6.58 Å². The molecule has 2 N–H and O–H groups in total. The van der Waals surface area contributed by atoms with Gasteiger partial charge in [0.25, 0.3) is 5.91 Å². The van der Waals surface area contributed by atoms with E-state index in [2.05, 4.69) is 24.1 Å². The minimum absolute atomic E-state index is 0.0590. The molecule has 0 radical (unpaired) electrons. The number of anilines is 1. The van der Waals surface area contributed by atoms with E-state index in [9.17, 15) is 4.79 Å². The number of nitrogens with one attached hydrogen (secondary N) is 2. The number of carbonyl (C=O) groups excluding carboxylic acids is 1. The molecule has 0 aromatic heterocycles. The molecule has 19 heavy (non-hydrogen) atoms. The fourth-order valence-electron chi connectivity index (χ4n) is 2.12. The molecule has 2 atom stereocenters. The molecule has 102 valence electrons. The summed E-state index contributed by atoms with van der Waals surface area (Å²) in [5, 5.41) is 6.95. The van der Waals surface area contributed by atoms with E-state index in [-0.39, 0.29) is 5.91 Å². The van der Waals surface area contributed by atoms with Crippen molar-refractivity contribution < 1.29 is 4.79 Å².